The summed E-state index contributed by atoms with van der Waals surface area (Å²) in [5.41, 5.74) is 3.66. The Hall–Kier alpha value is -2.27. The Morgan fingerprint density at radius 2 is 1.76 bits per heavy atom. The first kappa shape index (κ1) is 19.1. The lowest BCUT2D eigenvalue weighted by atomic mass is 10.1. The van der Waals surface area contributed by atoms with Crippen molar-refractivity contribution in [2.45, 2.75) is 38.6 Å². The summed E-state index contributed by atoms with van der Waals surface area (Å²) >= 11 is 1.37. The van der Waals surface area contributed by atoms with Crippen LogP contribution in [-0.2, 0) is 4.79 Å². The number of hydrogen-bond donors (Lipinski definition) is 2. The van der Waals surface area contributed by atoms with E-state index in [0.29, 0.717) is 5.56 Å². The lowest BCUT2D eigenvalue weighted by Crippen LogP contribution is -2.31. The van der Waals surface area contributed by atoms with Crippen molar-refractivity contribution in [1.29, 1.82) is 0 Å². The van der Waals surface area contributed by atoms with Crippen LogP contribution in [0.1, 0.15) is 35.3 Å². The molecule has 2 amide bonds. The Morgan fingerprint density at radius 3 is 2.44 bits per heavy atom. The maximum Gasteiger partial charge on any atom is 0.256 e. The summed E-state index contributed by atoms with van der Waals surface area (Å²) in [5, 5.41) is 5.79. The number of carbonyl (C=O) groups excluding carboxylic acids is 2. The Morgan fingerprint density at radius 1 is 1.04 bits per heavy atom. The van der Waals surface area contributed by atoms with Crippen LogP contribution < -0.4 is 10.6 Å². The number of nitrogens with one attached hydrogen (secondary N) is 2. The third-order valence-electron chi connectivity index (χ3n) is 3.70. The molecule has 0 aromatic heterocycles. The van der Waals surface area contributed by atoms with Crippen molar-refractivity contribution in [1.82, 2.24) is 5.32 Å². The molecule has 0 saturated heterocycles. The fourth-order valence-corrected chi connectivity index (χ4v) is 3.17. The van der Waals surface area contributed by atoms with Crippen LogP contribution in [0.25, 0.3) is 0 Å². The number of anilines is 1. The number of hydrogen-bond acceptors (Lipinski definition) is 3. The summed E-state index contributed by atoms with van der Waals surface area (Å²) in [6, 6.07) is 13.3. The molecule has 0 radical (unpaired) electrons. The van der Waals surface area contributed by atoms with Gasteiger partial charge in [-0.15, -0.1) is 11.8 Å². The van der Waals surface area contributed by atoms with Crippen LogP contribution in [0.5, 0.6) is 0 Å². The van der Waals surface area contributed by atoms with Crippen molar-refractivity contribution in [3.63, 3.8) is 0 Å². The molecule has 0 spiro atoms. The van der Waals surface area contributed by atoms with Gasteiger partial charge in [0.25, 0.3) is 5.91 Å². The smallest absolute Gasteiger partial charge is 0.256 e. The summed E-state index contributed by atoms with van der Waals surface area (Å²) in [5.74, 6) is 0.0755. The van der Waals surface area contributed by atoms with Crippen molar-refractivity contribution in [2.75, 3.05) is 11.1 Å². The monoisotopic (exact) mass is 356 g/mol. The third kappa shape index (κ3) is 5.64. The number of benzene rings is 2. The molecule has 2 N–H and O–H groups in total. The topological polar surface area (TPSA) is 58.2 Å². The van der Waals surface area contributed by atoms with Gasteiger partial charge in [0.15, 0.2) is 0 Å². The van der Waals surface area contributed by atoms with Gasteiger partial charge in [0.1, 0.15) is 0 Å². The summed E-state index contributed by atoms with van der Waals surface area (Å²) in [6.07, 6.45) is 0. The van der Waals surface area contributed by atoms with E-state index in [-0.39, 0.29) is 23.6 Å². The van der Waals surface area contributed by atoms with Crippen LogP contribution in [0.2, 0.25) is 0 Å². The van der Waals surface area contributed by atoms with Crippen molar-refractivity contribution in [2.24, 2.45) is 0 Å². The molecular formula is C20H24N2O2S. The van der Waals surface area contributed by atoms with Gasteiger partial charge in [0.2, 0.25) is 5.91 Å². The lowest BCUT2D eigenvalue weighted by Gasteiger charge is -2.12. The van der Waals surface area contributed by atoms with Gasteiger partial charge in [0, 0.05) is 16.6 Å². The van der Waals surface area contributed by atoms with Gasteiger partial charge in [-0.1, -0.05) is 18.2 Å². The Labute approximate surface area is 153 Å². The van der Waals surface area contributed by atoms with Gasteiger partial charge in [-0.2, -0.15) is 0 Å². The Kier molecular flexibility index (Phi) is 6.65. The molecule has 0 aliphatic carbocycles. The second-order valence-corrected chi connectivity index (χ2v) is 7.28. The maximum atomic E-state index is 12.6. The highest BCUT2D eigenvalue weighted by atomic mass is 32.2. The van der Waals surface area contributed by atoms with Crippen LogP contribution in [-0.4, -0.2) is 23.6 Å². The fraction of sp³-hybridized carbons (Fsp3) is 0.300. The first-order valence-electron chi connectivity index (χ1n) is 8.26. The Balaban J connectivity index is 2.09. The number of rotatable bonds is 6. The maximum absolute atomic E-state index is 12.6. The minimum absolute atomic E-state index is 0.0376. The molecule has 0 unspecified atom stereocenters. The van der Waals surface area contributed by atoms with E-state index in [2.05, 4.69) is 10.6 Å². The van der Waals surface area contributed by atoms with Gasteiger partial charge in [-0.25, -0.2) is 0 Å². The second kappa shape index (κ2) is 8.72. The molecule has 0 heterocycles. The first-order chi connectivity index (χ1) is 11.9. The highest BCUT2D eigenvalue weighted by Crippen LogP contribution is 2.24. The predicted octanol–water partition coefficient (Wildman–Crippen LogP) is 4.17. The molecule has 5 heteroatoms. The largest absolute Gasteiger partial charge is 0.353 e. The number of amides is 2. The van der Waals surface area contributed by atoms with E-state index in [1.807, 2.05) is 64.1 Å². The van der Waals surface area contributed by atoms with Gasteiger partial charge >= 0.3 is 0 Å². The van der Waals surface area contributed by atoms with Crippen LogP contribution in [0, 0.1) is 13.8 Å². The molecule has 2 rings (SSSR count). The molecule has 4 nitrogen and oxygen atoms in total. The summed E-state index contributed by atoms with van der Waals surface area (Å²) < 4.78 is 0. The zero-order valence-electron chi connectivity index (χ0n) is 15.1. The molecule has 0 aliphatic heterocycles. The number of thioether (sulfide) groups is 1. The molecule has 132 valence electrons. The lowest BCUT2D eigenvalue weighted by molar-refractivity contribution is -0.119. The third-order valence-corrected chi connectivity index (χ3v) is 4.78. The van der Waals surface area contributed by atoms with Crippen LogP contribution in [0.15, 0.2) is 47.4 Å². The second-order valence-electron chi connectivity index (χ2n) is 6.26. The van der Waals surface area contributed by atoms with Crippen LogP contribution in [0.3, 0.4) is 0 Å². The van der Waals surface area contributed by atoms with E-state index >= 15 is 0 Å². The van der Waals surface area contributed by atoms with Crippen LogP contribution in [0.4, 0.5) is 5.69 Å². The van der Waals surface area contributed by atoms with Crippen molar-refractivity contribution in [3.8, 4) is 0 Å². The molecule has 0 fully saturated rings. The normalized spacial score (nSPS) is 10.6. The molecule has 0 atom stereocenters. The Bertz CT molecular complexity index is 772. The van der Waals surface area contributed by atoms with Gasteiger partial charge in [0.05, 0.1) is 11.3 Å². The van der Waals surface area contributed by atoms with Crippen molar-refractivity contribution < 1.29 is 9.59 Å². The summed E-state index contributed by atoms with van der Waals surface area (Å²) in [4.78, 5) is 25.3. The first-order valence-corrected chi connectivity index (χ1v) is 9.25. The van der Waals surface area contributed by atoms with E-state index in [4.69, 9.17) is 0 Å². The average molecular weight is 356 g/mol. The molecule has 0 aliphatic rings. The molecule has 0 bridgehead atoms. The summed E-state index contributed by atoms with van der Waals surface area (Å²) in [6.45, 7) is 7.90. The average Bonchev–Trinajstić information content (AvgIpc) is 2.56. The highest BCUT2D eigenvalue weighted by Gasteiger charge is 2.13. The van der Waals surface area contributed by atoms with E-state index in [1.165, 1.54) is 17.3 Å². The van der Waals surface area contributed by atoms with E-state index < -0.39 is 0 Å². The van der Waals surface area contributed by atoms with Crippen molar-refractivity contribution in [3.05, 3.63) is 59.2 Å². The number of carbonyl (C=O) groups is 2. The van der Waals surface area contributed by atoms with E-state index in [1.54, 1.807) is 6.07 Å². The molecule has 2 aromatic rings. The molecular weight excluding hydrogens is 332 g/mol. The zero-order valence-corrected chi connectivity index (χ0v) is 15.9. The highest BCUT2D eigenvalue weighted by molar-refractivity contribution is 8.00. The predicted molar refractivity (Wildman–Crippen MR) is 104 cm³/mol. The SMILES string of the molecule is Cc1ccc(NC(=O)c2ccccc2SCC(=O)NC(C)C)cc1C. The molecule has 0 saturated carbocycles. The number of aryl methyl sites for hydroxylation is 2. The molecule has 2 aromatic carbocycles. The van der Waals surface area contributed by atoms with Crippen molar-refractivity contribution >= 4 is 29.3 Å². The van der Waals surface area contributed by atoms with Gasteiger partial charge < -0.3 is 10.6 Å². The standard InChI is InChI=1S/C20H24N2O2S/c1-13(2)21-19(23)12-25-18-8-6-5-7-17(18)20(24)22-16-10-9-14(3)15(4)11-16/h5-11,13H,12H2,1-4H3,(H,21,23)(H,22,24). The van der Waals surface area contributed by atoms with Crippen LogP contribution >= 0.6 is 11.8 Å². The van der Waals surface area contributed by atoms with E-state index in [0.717, 1.165) is 16.1 Å². The van der Waals surface area contributed by atoms with Gasteiger partial charge in [-0.05, 0) is 63.1 Å². The summed E-state index contributed by atoms with van der Waals surface area (Å²) in [7, 11) is 0. The zero-order chi connectivity index (χ0) is 18.4. The quantitative estimate of drug-likeness (QED) is 0.764. The molecule has 25 heavy (non-hydrogen) atoms. The fourth-order valence-electron chi connectivity index (χ4n) is 2.30. The minimum atomic E-state index is -0.171. The van der Waals surface area contributed by atoms with Gasteiger partial charge in [-0.3, -0.25) is 9.59 Å². The van der Waals surface area contributed by atoms with E-state index in [9.17, 15) is 9.59 Å². The minimum Gasteiger partial charge on any atom is -0.353 e.